The molecule has 0 fully saturated rings. The highest BCUT2D eigenvalue weighted by Gasteiger charge is 2.22. The fourth-order valence-electron chi connectivity index (χ4n) is 4.00. The number of hydrogen-bond acceptors (Lipinski definition) is 7. The average molecular weight is 545 g/mol. The third-order valence-electron chi connectivity index (χ3n) is 5.75. The number of pyridine rings is 1. The van der Waals surface area contributed by atoms with Crippen LogP contribution in [0.1, 0.15) is 23.7 Å². The molecule has 2 aromatic carbocycles. The molecule has 3 N–H and O–H groups in total. The van der Waals surface area contributed by atoms with Crippen molar-refractivity contribution in [2.45, 2.75) is 12.5 Å². The van der Waals surface area contributed by atoms with Crippen molar-refractivity contribution in [3.63, 3.8) is 0 Å². The summed E-state index contributed by atoms with van der Waals surface area (Å²) in [4.78, 5) is 4.35. The molecule has 0 bridgehead atoms. The molecule has 1 atom stereocenters. The van der Waals surface area contributed by atoms with Gasteiger partial charge in [0.2, 0.25) is 0 Å². The first-order valence-corrected chi connectivity index (χ1v) is 11.9. The summed E-state index contributed by atoms with van der Waals surface area (Å²) in [6.45, 7) is 1.10. The molecule has 182 valence electrons. The van der Waals surface area contributed by atoms with E-state index in [0.717, 1.165) is 12.0 Å². The Balaban J connectivity index is 1.61. The lowest BCUT2D eigenvalue weighted by Crippen LogP contribution is -2.18. The molecule has 1 aliphatic heterocycles. The van der Waals surface area contributed by atoms with Gasteiger partial charge in [-0.25, -0.2) is 4.39 Å². The van der Waals surface area contributed by atoms with E-state index in [1.807, 2.05) is 6.08 Å². The van der Waals surface area contributed by atoms with Crippen molar-refractivity contribution in [2.24, 2.45) is 0 Å². The number of halogens is 4. The number of H-pyrrole nitrogens is 1. The van der Waals surface area contributed by atoms with E-state index in [4.69, 9.17) is 39.5 Å². The monoisotopic (exact) mass is 543 g/mol. The molecule has 1 aliphatic rings. The first kappa shape index (κ1) is 24.3. The largest absolute Gasteiger partial charge is 0.377 e. The maximum atomic E-state index is 14.8. The lowest BCUT2D eigenvalue weighted by atomic mass is 9.99. The molecule has 36 heavy (non-hydrogen) atoms. The van der Waals surface area contributed by atoms with Crippen LogP contribution in [0.3, 0.4) is 0 Å². The van der Waals surface area contributed by atoms with Crippen LogP contribution in [-0.2, 0) is 4.74 Å². The fraction of sp³-hybridized carbons (Fsp3) is 0.167. The van der Waals surface area contributed by atoms with Gasteiger partial charge in [-0.15, -0.1) is 5.10 Å². The van der Waals surface area contributed by atoms with Crippen LogP contribution in [0, 0.1) is 17.1 Å². The summed E-state index contributed by atoms with van der Waals surface area (Å²) in [5, 5.41) is 27.7. The number of fused-ring (bicyclic) bond motifs is 1. The smallest absolute Gasteiger partial charge is 0.166 e. The van der Waals surface area contributed by atoms with Crippen molar-refractivity contribution in [3.05, 3.63) is 80.5 Å². The zero-order valence-corrected chi connectivity index (χ0v) is 20.7. The Kier molecular flexibility index (Phi) is 6.94. The number of aromatic amines is 1. The van der Waals surface area contributed by atoms with E-state index >= 15 is 0 Å². The van der Waals surface area contributed by atoms with E-state index in [9.17, 15) is 9.65 Å². The molecule has 0 saturated heterocycles. The minimum absolute atomic E-state index is 0.0516. The molecular weight excluding hydrogens is 528 g/mol. The Hall–Kier alpha value is -3.42. The summed E-state index contributed by atoms with van der Waals surface area (Å²) in [6, 6.07) is 8.23. The molecule has 0 radical (unpaired) electrons. The molecule has 0 amide bonds. The van der Waals surface area contributed by atoms with Crippen LogP contribution < -0.4 is 10.6 Å². The minimum Gasteiger partial charge on any atom is -0.377 e. The van der Waals surface area contributed by atoms with Crippen LogP contribution in [0.4, 0.5) is 21.5 Å². The summed E-state index contributed by atoms with van der Waals surface area (Å²) < 4.78 is 20.3. The van der Waals surface area contributed by atoms with Gasteiger partial charge in [0.15, 0.2) is 5.82 Å². The number of hydrogen-bond donors (Lipinski definition) is 3. The van der Waals surface area contributed by atoms with Crippen molar-refractivity contribution < 1.29 is 9.13 Å². The first-order chi connectivity index (χ1) is 17.5. The second kappa shape index (κ2) is 10.3. The van der Waals surface area contributed by atoms with Crippen LogP contribution in [0.2, 0.25) is 15.1 Å². The van der Waals surface area contributed by atoms with E-state index in [1.54, 1.807) is 18.3 Å². The Morgan fingerprint density at radius 1 is 1.19 bits per heavy atom. The average Bonchev–Trinajstić information content (AvgIpc) is 3.43. The second-order valence-electron chi connectivity index (χ2n) is 7.94. The van der Waals surface area contributed by atoms with Crippen LogP contribution >= 0.6 is 34.8 Å². The highest BCUT2D eigenvalue weighted by atomic mass is 35.5. The van der Waals surface area contributed by atoms with Gasteiger partial charge in [0.05, 0.1) is 56.8 Å². The number of ether oxygens (including phenoxy) is 1. The number of nitrogens with one attached hydrogen (secondary N) is 3. The quantitative estimate of drug-likeness (QED) is 0.186. The molecule has 0 spiro atoms. The lowest BCUT2D eigenvalue weighted by molar-refractivity contribution is 0.153. The molecule has 2 aromatic heterocycles. The highest BCUT2D eigenvalue weighted by Crippen LogP contribution is 2.38. The zero-order chi connectivity index (χ0) is 25.2. The maximum absolute atomic E-state index is 14.8. The number of rotatable bonds is 6. The van der Waals surface area contributed by atoms with E-state index in [-0.39, 0.29) is 27.3 Å². The second-order valence-corrected chi connectivity index (χ2v) is 9.13. The molecule has 0 saturated carbocycles. The van der Waals surface area contributed by atoms with Crippen molar-refractivity contribution in [3.8, 4) is 6.07 Å². The molecule has 4 aromatic rings. The zero-order valence-electron chi connectivity index (χ0n) is 18.4. The topological polar surface area (TPSA) is 112 Å². The predicted molar refractivity (Wildman–Crippen MR) is 137 cm³/mol. The Morgan fingerprint density at radius 2 is 2.06 bits per heavy atom. The third kappa shape index (κ3) is 4.68. The number of benzene rings is 2. The van der Waals surface area contributed by atoms with E-state index in [2.05, 4.69) is 37.1 Å². The standard InChI is InChI=1S/C24H17Cl3FN7O/c25-16-1-2-18(21(28)20(16)27)33-22-13(9-29)10-30-24-15(22)7-14(8-17(24)26)32-23(19-11-31-35-34-19)12-3-5-36-6-4-12/h1-3,7-8,10-11,23,32H,4-6H2,(H,30,33)(H,31,34,35). The fourth-order valence-corrected chi connectivity index (χ4v) is 4.58. The van der Waals surface area contributed by atoms with Crippen molar-refractivity contribution in [2.75, 3.05) is 23.8 Å². The maximum Gasteiger partial charge on any atom is 0.166 e. The summed E-state index contributed by atoms with van der Waals surface area (Å²) in [5.41, 5.74) is 3.44. The van der Waals surface area contributed by atoms with Gasteiger partial charge in [-0.3, -0.25) is 10.1 Å². The van der Waals surface area contributed by atoms with Gasteiger partial charge < -0.3 is 15.4 Å². The minimum atomic E-state index is -0.740. The predicted octanol–water partition coefficient (Wildman–Crippen LogP) is 6.57. The molecule has 8 nitrogen and oxygen atoms in total. The summed E-state index contributed by atoms with van der Waals surface area (Å²) >= 11 is 18.5. The lowest BCUT2D eigenvalue weighted by Gasteiger charge is -2.24. The highest BCUT2D eigenvalue weighted by molar-refractivity contribution is 6.42. The normalized spacial score (nSPS) is 14.2. The Bertz CT molecular complexity index is 1520. The Morgan fingerprint density at radius 3 is 2.78 bits per heavy atom. The van der Waals surface area contributed by atoms with Crippen molar-refractivity contribution >= 4 is 62.8 Å². The number of nitrogens with zero attached hydrogens (tertiary/aromatic N) is 4. The summed E-state index contributed by atoms with van der Waals surface area (Å²) in [7, 11) is 0. The molecule has 3 heterocycles. The van der Waals surface area contributed by atoms with Crippen LogP contribution in [0.5, 0.6) is 0 Å². The molecule has 5 rings (SSSR count). The number of anilines is 3. The van der Waals surface area contributed by atoms with Crippen molar-refractivity contribution in [1.29, 1.82) is 5.26 Å². The first-order valence-electron chi connectivity index (χ1n) is 10.8. The third-order valence-corrected chi connectivity index (χ3v) is 6.82. The number of aromatic nitrogens is 4. The van der Waals surface area contributed by atoms with Gasteiger partial charge in [-0.05, 0) is 36.3 Å². The van der Waals surface area contributed by atoms with Gasteiger partial charge in [0.25, 0.3) is 0 Å². The number of nitriles is 1. The molecule has 1 unspecified atom stereocenters. The Labute approximate surface area is 220 Å². The van der Waals surface area contributed by atoms with Crippen molar-refractivity contribution in [1.82, 2.24) is 20.4 Å². The van der Waals surface area contributed by atoms with E-state index in [1.165, 1.54) is 18.3 Å². The summed E-state index contributed by atoms with van der Waals surface area (Å²) in [6.07, 6.45) is 5.82. The van der Waals surface area contributed by atoms with Gasteiger partial charge in [-0.1, -0.05) is 46.1 Å². The van der Waals surface area contributed by atoms with Gasteiger partial charge in [-0.2, -0.15) is 5.26 Å². The molecule has 12 heteroatoms. The van der Waals surface area contributed by atoms with E-state index < -0.39 is 5.82 Å². The van der Waals surface area contributed by atoms with Gasteiger partial charge >= 0.3 is 0 Å². The van der Waals surface area contributed by atoms with E-state index in [0.29, 0.717) is 46.2 Å². The SMILES string of the molecule is N#Cc1cnc2c(Cl)cc(NC(C3=CCOCC3)c3c[nH]nn3)cc2c1Nc1ccc(Cl)c(Cl)c1F. The van der Waals surface area contributed by atoms with Crippen LogP contribution in [0.15, 0.2) is 48.3 Å². The van der Waals surface area contributed by atoms with Crippen LogP contribution in [-0.4, -0.2) is 33.6 Å². The molecular formula is C24H17Cl3FN7O. The summed E-state index contributed by atoms with van der Waals surface area (Å²) in [5.74, 6) is -0.740. The van der Waals surface area contributed by atoms with Gasteiger partial charge in [0, 0.05) is 23.5 Å². The van der Waals surface area contributed by atoms with Gasteiger partial charge in [0.1, 0.15) is 11.8 Å². The molecule has 0 aliphatic carbocycles. The van der Waals surface area contributed by atoms with Crippen LogP contribution in [0.25, 0.3) is 10.9 Å².